The Hall–Kier alpha value is -3.03. The maximum atomic E-state index is 13.2. The summed E-state index contributed by atoms with van der Waals surface area (Å²) in [7, 11) is 0. The van der Waals surface area contributed by atoms with Crippen LogP contribution in [0.5, 0.6) is 0 Å². The van der Waals surface area contributed by atoms with Crippen molar-refractivity contribution < 1.29 is 4.39 Å². The predicted molar refractivity (Wildman–Crippen MR) is 120 cm³/mol. The maximum Gasteiger partial charge on any atom is 0.134 e. The molecule has 2 nitrogen and oxygen atoms in total. The molecule has 0 saturated heterocycles. The normalized spacial score (nSPS) is 12.0. The third-order valence-electron chi connectivity index (χ3n) is 4.55. The lowest BCUT2D eigenvalue weighted by molar-refractivity contribution is 0.628. The van der Waals surface area contributed by atoms with Crippen molar-refractivity contribution in [1.29, 1.82) is 5.26 Å². The fraction of sp³-hybridized carbons (Fsp3) is 0.200. The van der Waals surface area contributed by atoms with Crippen molar-refractivity contribution >= 4 is 23.0 Å². The quantitative estimate of drug-likeness (QED) is 0.222. The Kier molecular flexibility index (Phi) is 7.49. The highest BCUT2D eigenvalue weighted by atomic mass is 32.1. The molecule has 0 aliphatic carbocycles. The molecule has 0 N–H and O–H groups in total. The Labute approximate surface area is 175 Å². The largest absolute Gasteiger partial charge is 0.235 e. The highest BCUT2D eigenvalue weighted by Crippen LogP contribution is 2.28. The topological polar surface area (TPSA) is 36.7 Å². The summed E-state index contributed by atoms with van der Waals surface area (Å²) in [5.74, 6) is -0.274. The number of allylic oxidation sites excluding steroid dienone is 3. The molecule has 0 saturated carbocycles. The van der Waals surface area contributed by atoms with Crippen LogP contribution in [0.1, 0.15) is 43.2 Å². The maximum absolute atomic E-state index is 13.2. The van der Waals surface area contributed by atoms with Crippen LogP contribution < -0.4 is 0 Å². The number of nitriles is 1. The van der Waals surface area contributed by atoms with Crippen molar-refractivity contribution in [1.82, 2.24) is 4.98 Å². The van der Waals surface area contributed by atoms with Gasteiger partial charge >= 0.3 is 0 Å². The monoisotopic (exact) mass is 402 g/mol. The van der Waals surface area contributed by atoms with Crippen molar-refractivity contribution in [3.8, 4) is 17.3 Å². The van der Waals surface area contributed by atoms with Crippen LogP contribution in [0.2, 0.25) is 0 Å². The standard InChI is InChI=1S/C25H23FN2S/c1-2-3-5-10-20(15-19-8-6-4-7-9-19)16-22(17-27)25-28-24(18-29-25)21-11-13-23(26)14-12-21/h4,6-9,11-16,18H,2-3,5,10H2,1H3. The first-order valence-corrected chi connectivity index (χ1v) is 10.7. The first-order chi connectivity index (χ1) is 14.2. The number of thiazole rings is 1. The Balaban J connectivity index is 1.90. The van der Waals surface area contributed by atoms with Gasteiger partial charge < -0.3 is 0 Å². The van der Waals surface area contributed by atoms with E-state index < -0.39 is 0 Å². The van der Waals surface area contributed by atoms with Gasteiger partial charge in [0, 0.05) is 10.9 Å². The number of hydrogen-bond donors (Lipinski definition) is 0. The first kappa shape index (κ1) is 20.7. The molecule has 2 aromatic carbocycles. The molecule has 0 spiro atoms. The van der Waals surface area contributed by atoms with Gasteiger partial charge in [-0.2, -0.15) is 5.26 Å². The minimum atomic E-state index is -0.274. The number of nitrogens with zero attached hydrogens (tertiary/aromatic N) is 2. The Morgan fingerprint density at radius 2 is 1.86 bits per heavy atom. The fourth-order valence-electron chi connectivity index (χ4n) is 3.01. The van der Waals surface area contributed by atoms with E-state index >= 15 is 0 Å². The van der Waals surface area contributed by atoms with Gasteiger partial charge in [0.15, 0.2) is 0 Å². The molecule has 0 radical (unpaired) electrons. The molecule has 3 aromatic rings. The summed E-state index contributed by atoms with van der Waals surface area (Å²) in [6.45, 7) is 2.18. The lowest BCUT2D eigenvalue weighted by Crippen LogP contribution is -1.87. The van der Waals surface area contributed by atoms with E-state index in [1.54, 1.807) is 12.1 Å². The highest BCUT2D eigenvalue weighted by Gasteiger charge is 2.10. The number of rotatable bonds is 8. The molecule has 0 aliphatic heterocycles. The first-order valence-electron chi connectivity index (χ1n) is 9.79. The molecule has 0 bridgehead atoms. The van der Waals surface area contributed by atoms with Crippen molar-refractivity contribution in [3.05, 3.63) is 88.0 Å². The molecule has 0 amide bonds. The molecule has 0 aliphatic rings. The highest BCUT2D eigenvalue weighted by molar-refractivity contribution is 7.11. The van der Waals surface area contributed by atoms with Gasteiger partial charge in [0.2, 0.25) is 0 Å². The minimum Gasteiger partial charge on any atom is -0.235 e. The van der Waals surface area contributed by atoms with Crippen LogP contribution in [0, 0.1) is 17.1 Å². The molecular formula is C25H23FN2S. The number of aromatic nitrogens is 1. The molecule has 1 heterocycles. The lowest BCUT2D eigenvalue weighted by atomic mass is 10.0. The average molecular weight is 403 g/mol. The van der Waals surface area contributed by atoms with Crippen LogP contribution in [-0.4, -0.2) is 4.98 Å². The van der Waals surface area contributed by atoms with Crippen LogP contribution in [0.15, 0.2) is 71.6 Å². The van der Waals surface area contributed by atoms with E-state index in [9.17, 15) is 9.65 Å². The minimum absolute atomic E-state index is 0.274. The zero-order valence-corrected chi connectivity index (χ0v) is 17.3. The molecule has 0 fully saturated rings. The smallest absolute Gasteiger partial charge is 0.134 e. The summed E-state index contributed by atoms with van der Waals surface area (Å²) in [6.07, 6.45) is 8.42. The van der Waals surface area contributed by atoms with E-state index in [4.69, 9.17) is 0 Å². The Bertz CT molecular complexity index is 1020. The molecule has 3 rings (SSSR count). The van der Waals surface area contributed by atoms with E-state index in [-0.39, 0.29) is 5.82 Å². The Morgan fingerprint density at radius 1 is 1.10 bits per heavy atom. The van der Waals surface area contributed by atoms with Crippen LogP contribution in [0.4, 0.5) is 4.39 Å². The zero-order chi connectivity index (χ0) is 20.5. The third kappa shape index (κ3) is 5.97. The van der Waals surface area contributed by atoms with Gasteiger partial charge in [0.1, 0.15) is 16.9 Å². The van der Waals surface area contributed by atoms with Crippen LogP contribution in [-0.2, 0) is 0 Å². The molecule has 4 heteroatoms. The van der Waals surface area contributed by atoms with Gasteiger partial charge in [-0.25, -0.2) is 9.37 Å². The number of hydrogen-bond acceptors (Lipinski definition) is 3. The number of benzene rings is 2. The molecule has 146 valence electrons. The fourth-order valence-corrected chi connectivity index (χ4v) is 3.80. The summed E-state index contributed by atoms with van der Waals surface area (Å²) in [5, 5.41) is 12.3. The van der Waals surface area contributed by atoms with Crippen molar-refractivity contribution in [2.75, 3.05) is 0 Å². The summed E-state index contributed by atoms with van der Waals surface area (Å²) < 4.78 is 13.2. The molecular weight excluding hydrogens is 379 g/mol. The second kappa shape index (κ2) is 10.5. The van der Waals surface area contributed by atoms with Crippen LogP contribution in [0.3, 0.4) is 0 Å². The van der Waals surface area contributed by atoms with Crippen LogP contribution >= 0.6 is 11.3 Å². The predicted octanol–water partition coefficient (Wildman–Crippen LogP) is 7.52. The van der Waals surface area contributed by atoms with Gasteiger partial charge in [-0.15, -0.1) is 11.3 Å². The van der Waals surface area contributed by atoms with Gasteiger partial charge in [0.25, 0.3) is 0 Å². The van der Waals surface area contributed by atoms with Gasteiger partial charge in [-0.05, 0) is 54.3 Å². The number of unbranched alkanes of at least 4 members (excludes halogenated alkanes) is 2. The van der Waals surface area contributed by atoms with Gasteiger partial charge in [-0.1, -0.05) is 56.2 Å². The van der Waals surface area contributed by atoms with E-state index in [0.717, 1.165) is 48.1 Å². The second-order valence-corrected chi connectivity index (χ2v) is 7.66. The van der Waals surface area contributed by atoms with Gasteiger partial charge in [-0.3, -0.25) is 0 Å². The summed E-state index contributed by atoms with van der Waals surface area (Å²) >= 11 is 1.44. The van der Waals surface area contributed by atoms with E-state index in [2.05, 4.69) is 36.2 Å². The van der Waals surface area contributed by atoms with Crippen molar-refractivity contribution in [3.63, 3.8) is 0 Å². The van der Waals surface area contributed by atoms with E-state index in [1.165, 1.54) is 23.5 Å². The zero-order valence-electron chi connectivity index (χ0n) is 16.4. The van der Waals surface area contributed by atoms with Crippen molar-refractivity contribution in [2.45, 2.75) is 32.6 Å². The van der Waals surface area contributed by atoms with E-state index in [0.29, 0.717) is 10.6 Å². The average Bonchev–Trinajstić information content (AvgIpc) is 3.23. The SMILES string of the molecule is CCCCCC(=Cc1ccccc1)C=C(C#N)c1nc(-c2ccc(F)cc2)cs1. The van der Waals surface area contributed by atoms with E-state index in [1.807, 2.05) is 29.7 Å². The van der Waals surface area contributed by atoms with Crippen LogP contribution in [0.25, 0.3) is 22.9 Å². The van der Waals surface area contributed by atoms with Crippen molar-refractivity contribution in [2.24, 2.45) is 0 Å². The molecule has 29 heavy (non-hydrogen) atoms. The molecule has 1 aromatic heterocycles. The third-order valence-corrected chi connectivity index (χ3v) is 5.42. The summed E-state index contributed by atoms with van der Waals surface area (Å²) in [5.41, 5.74) is 4.40. The second-order valence-electron chi connectivity index (χ2n) is 6.80. The summed E-state index contributed by atoms with van der Waals surface area (Å²) in [4.78, 5) is 4.62. The molecule has 0 atom stereocenters. The number of halogens is 1. The summed E-state index contributed by atoms with van der Waals surface area (Å²) in [6, 6.07) is 18.7. The lowest BCUT2D eigenvalue weighted by Gasteiger charge is -2.04. The Morgan fingerprint density at radius 3 is 2.55 bits per heavy atom. The van der Waals surface area contributed by atoms with Gasteiger partial charge in [0.05, 0.1) is 11.3 Å². The molecule has 0 unspecified atom stereocenters.